The summed E-state index contributed by atoms with van der Waals surface area (Å²) in [6.45, 7) is 3.80. The second kappa shape index (κ2) is 7.31. The molecule has 1 saturated heterocycles. The zero-order valence-electron chi connectivity index (χ0n) is 12.5. The average Bonchev–Trinajstić information content (AvgIpc) is 2.90. The van der Waals surface area contributed by atoms with Crippen molar-refractivity contribution in [3.8, 4) is 5.75 Å². The summed E-state index contributed by atoms with van der Waals surface area (Å²) in [4.78, 5) is 13.9. The molecule has 1 heterocycles. The van der Waals surface area contributed by atoms with Crippen molar-refractivity contribution >= 4 is 6.03 Å². The van der Waals surface area contributed by atoms with E-state index in [4.69, 9.17) is 4.74 Å². The first-order chi connectivity index (χ1) is 10.2. The van der Waals surface area contributed by atoms with Crippen molar-refractivity contribution in [2.24, 2.45) is 0 Å². The van der Waals surface area contributed by atoms with Crippen LogP contribution in [0.3, 0.4) is 0 Å². The Hall–Kier alpha value is -1.75. The standard InChI is InChI=1S/C16H24N2O3/c1-16(13-19)9-5-11-18(16)15(20)17-10-6-12-21-14-7-3-2-4-8-14/h2-4,7-8,19H,5-6,9-13H2,1H3,(H,17,20)/t16-/m1/s1. The molecule has 116 valence electrons. The van der Waals surface area contributed by atoms with E-state index in [-0.39, 0.29) is 12.6 Å². The zero-order chi connectivity index (χ0) is 15.1. The maximum atomic E-state index is 12.1. The molecule has 0 radical (unpaired) electrons. The Morgan fingerprint density at radius 3 is 2.90 bits per heavy atom. The first-order valence-electron chi connectivity index (χ1n) is 7.50. The number of aliphatic hydroxyl groups excluding tert-OH is 1. The second-order valence-corrected chi connectivity index (χ2v) is 5.66. The van der Waals surface area contributed by atoms with E-state index in [1.54, 1.807) is 4.90 Å². The predicted molar refractivity (Wildman–Crippen MR) is 81.4 cm³/mol. The van der Waals surface area contributed by atoms with Gasteiger partial charge in [0.2, 0.25) is 0 Å². The van der Waals surface area contributed by atoms with Gasteiger partial charge in [-0.3, -0.25) is 0 Å². The summed E-state index contributed by atoms with van der Waals surface area (Å²) in [6, 6.07) is 9.54. The lowest BCUT2D eigenvalue weighted by Gasteiger charge is -2.33. The molecule has 0 unspecified atom stereocenters. The maximum Gasteiger partial charge on any atom is 0.317 e. The molecule has 0 spiro atoms. The third kappa shape index (κ3) is 4.11. The average molecular weight is 292 g/mol. The minimum Gasteiger partial charge on any atom is -0.494 e. The monoisotopic (exact) mass is 292 g/mol. The van der Waals surface area contributed by atoms with Gasteiger partial charge in [0.1, 0.15) is 5.75 Å². The van der Waals surface area contributed by atoms with Gasteiger partial charge in [-0.25, -0.2) is 4.79 Å². The highest BCUT2D eigenvalue weighted by Crippen LogP contribution is 2.28. The van der Waals surface area contributed by atoms with Gasteiger partial charge in [-0.1, -0.05) is 18.2 Å². The van der Waals surface area contributed by atoms with Gasteiger partial charge in [-0.2, -0.15) is 0 Å². The van der Waals surface area contributed by atoms with E-state index in [9.17, 15) is 9.90 Å². The number of aliphatic hydroxyl groups is 1. The Morgan fingerprint density at radius 1 is 1.43 bits per heavy atom. The normalized spacial score (nSPS) is 21.3. The van der Waals surface area contributed by atoms with E-state index >= 15 is 0 Å². The van der Waals surface area contributed by atoms with Crippen LogP contribution in [0.1, 0.15) is 26.2 Å². The van der Waals surface area contributed by atoms with Crippen molar-refractivity contribution in [1.82, 2.24) is 10.2 Å². The number of likely N-dealkylation sites (tertiary alicyclic amines) is 1. The smallest absolute Gasteiger partial charge is 0.317 e. The fourth-order valence-corrected chi connectivity index (χ4v) is 2.60. The van der Waals surface area contributed by atoms with Crippen molar-refractivity contribution in [3.63, 3.8) is 0 Å². The van der Waals surface area contributed by atoms with Crippen molar-refractivity contribution < 1.29 is 14.6 Å². The summed E-state index contributed by atoms with van der Waals surface area (Å²) in [7, 11) is 0. The molecule has 1 atom stereocenters. The van der Waals surface area contributed by atoms with E-state index in [0.29, 0.717) is 19.7 Å². The molecule has 1 aliphatic rings. The topological polar surface area (TPSA) is 61.8 Å². The van der Waals surface area contributed by atoms with Gasteiger partial charge >= 0.3 is 6.03 Å². The van der Waals surface area contributed by atoms with Gasteiger partial charge in [0.15, 0.2) is 0 Å². The van der Waals surface area contributed by atoms with E-state index in [2.05, 4.69) is 5.32 Å². The van der Waals surface area contributed by atoms with E-state index in [1.165, 1.54) is 0 Å². The van der Waals surface area contributed by atoms with Crippen LogP contribution in [-0.2, 0) is 0 Å². The van der Waals surface area contributed by atoms with E-state index < -0.39 is 5.54 Å². The minimum absolute atomic E-state index is 0.0114. The molecule has 5 nitrogen and oxygen atoms in total. The molecule has 2 N–H and O–H groups in total. The molecule has 1 aliphatic heterocycles. The van der Waals surface area contributed by atoms with Crippen LogP contribution in [0, 0.1) is 0 Å². The van der Waals surface area contributed by atoms with Crippen molar-refractivity contribution in [2.75, 3.05) is 26.3 Å². The summed E-state index contributed by atoms with van der Waals surface area (Å²) in [5.41, 5.74) is -0.412. The third-order valence-electron chi connectivity index (χ3n) is 3.94. The van der Waals surface area contributed by atoms with Gasteiger partial charge in [0, 0.05) is 13.1 Å². The lowest BCUT2D eigenvalue weighted by molar-refractivity contribution is 0.0973. The summed E-state index contributed by atoms with van der Waals surface area (Å²) < 4.78 is 5.57. The number of para-hydroxylation sites is 1. The molecule has 0 saturated carbocycles. The molecule has 21 heavy (non-hydrogen) atoms. The number of benzene rings is 1. The largest absolute Gasteiger partial charge is 0.494 e. The van der Waals surface area contributed by atoms with Gasteiger partial charge in [0.05, 0.1) is 18.8 Å². The molecule has 1 aromatic rings. The van der Waals surface area contributed by atoms with Crippen molar-refractivity contribution in [3.05, 3.63) is 30.3 Å². The SMILES string of the molecule is C[C@]1(CO)CCCN1C(=O)NCCCOc1ccccc1. The van der Waals surface area contributed by atoms with Crippen LogP contribution in [0.4, 0.5) is 4.79 Å². The van der Waals surface area contributed by atoms with Crippen LogP contribution in [0.2, 0.25) is 0 Å². The number of rotatable bonds is 6. The Bertz CT molecular complexity index is 452. The Kier molecular flexibility index (Phi) is 5.44. The Labute approximate surface area is 125 Å². The highest BCUT2D eigenvalue weighted by molar-refractivity contribution is 5.75. The number of hydrogen-bond donors (Lipinski definition) is 2. The summed E-state index contributed by atoms with van der Waals surface area (Å²) in [6.07, 6.45) is 2.56. The van der Waals surface area contributed by atoms with Crippen molar-refractivity contribution in [2.45, 2.75) is 31.7 Å². The minimum atomic E-state index is -0.412. The van der Waals surface area contributed by atoms with Gasteiger partial charge in [0.25, 0.3) is 0 Å². The number of nitrogens with one attached hydrogen (secondary N) is 1. The zero-order valence-corrected chi connectivity index (χ0v) is 12.5. The molecule has 0 aromatic heterocycles. The van der Waals surface area contributed by atoms with Crippen LogP contribution >= 0.6 is 0 Å². The molecular formula is C16H24N2O3. The van der Waals surface area contributed by atoms with Crippen LogP contribution in [0.5, 0.6) is 5.75 Å². The molecule has 0 bridgehead atoms. The lowest BCUT2D eigenvalue weighted by Crippen LogP contribution is -2.51. The molecule has 2 amide bonds. The van der Waals surface area contributed by atoms with Gasteiger partial charge in [-0.15, -0.1) is 0 Å². The Morgan fingerprint density at radius 2 is 2.19 bits per heavy atom. The van der Waals surface area contributed by atoms with Crippen LogP contribution < -0.4 is 10.1 Å². The molecule has 2 rings (SSSR count). The molecular weight excluding hydrogens is 268 g/mol. The van der Waals surface area contributed by atoms with E-state index in [0.717, 1.165) is 25.0 Å². The molecule has 0 aliphatic carbocycles. The number of nitrogens with zero attached hydrogens (tertiary/aromatic N) is 1. The predicted octanol–water partition coefficient (Wildman–Crippen LogP) is 2.01. The fourth-order valence-electron chi connectivity index (χ4n) is 2.60. The fraction of sp³-hybridized carbons (Fsp3) is 0.562. The summed E-state index contributed by atoms with van der Waals surface area (Å²) in [5, 5.41) is 12.3. The van der Waals surface area contributed by atoms with Crippen molar-refractivity contribution in [1.29, 1.82) is 0 Å². The number of ether oxygens (including phenoxy) is 1. The number of urea groups is 1. The molecule has 1 aromatic carbocycles. The van der Waals surface area contributed by atoms with Gasteiger partial charge < -0.3 is 20.1 Å². The highest BCUT2D eigenvalue weighted by Gasteiger charge is 2.38. The molecule has 1 fully saturated rings. The number of carbonyl (C=O) groups excluding carboxylic acids is 1. The third-order valence-corrected chi connectivity index (χ3v) is 3.94. The second-order valence-electron chi connectivity index (χ2n) is 5.66. The van der Waals surface area contributed by atoms with E-state index in [1.807, 2.05) is 37.3 Å². The maximum absolute atomic E-state index is 12.1. The number of amides is 2. The summed E-state index contributed by atoms with van der Waals surface area (Å²) in [5.74, 6) is 0.844. The van der Waals surface area contributed by atoms with Crippen LogP contribution in [0.25, 0.3) is 0 Å². The number of hydrogen-bond acceptors (Lipinski definition) is 3. The number of carbonyl (C=O) groups is 1. The van der Waals surface area contributed by atoms with Crippen LogP contribution in [-0.4, -0.2) is 47.9 Å². The first kappa shape index (κ1) is 15.6. The first-order valence-corrected chi connectivity index (χ1v) is 7.50. The summed E-state index contributed by atoms with van der Waals surface area (Å²) >= 11 is 0. The highest BCUT2D eigenvalue weighted by atomic mass is 16.5. The Balaban J connectivity index is 1.66. The quantitative estimate of drug-likeness (QED) is 0.788. The molecule has 5 heteroatoms. The van der Waals surface area contributed by atoms with Crippen LogP contribution in [0.15, 0.2) is 30.3 Å². The van der Waals surface area contributed by atoms with Gasteiger partial charge in [-0.05, 0) is 38.3 Å². The lowest BCUT2D eigenvalue weighted by atomic mass is 10.0.